The van der Waals surface area contributed by atoms with Gasteiger partial charge in [0.1, 0.15) is 11.9 Å². The molecule has 130 valence electrons. The predicted octanol–water partition coefficient (Wildman–Crippen LogP) is 2.73. The molecule has 0 unspecified atom stereocenters. The van der Waals surface area contributed by atoms with Gasteiger partial charge in [0.2, 0.25) is 9.70 Å². The molecule has 24 heavy (non-hydrogen) atoms. The molecule has 0 fully saturated rings. The van der Waals surface area contributed by atoms with Crippen LogP contribution in [0.2, 0.25) is 0 Å². The number of hydrogen-bond acceptors (Lipinski definition) is 3. The van der Waals surface area contributed by atoms with Gasteiger partial charge in [-0.15, -0.1) is 0 Å². The fraction of sp³-hybridized carbons (Fsp3) is 0.333. The molecule has 1 heterocycles. The van der Waals surface area contributed by atoms with Crippen LogP contribution in [-0.2, 0) is 11.8 Å². The minimum absolute atomic E-state index is 0.242. The quantitative estimate of drug-likeness (QED) is 0.622. The van der Waals surface area contributed by atoms with E-state index >= 15 is 0 Å². The maximum Gasteiger partial charge on any atom is 0.295 e. The van der Waals surface area contributed by atoms with Gasteiger partial charge in [-0.05, 0) is 19.1 Å². The van der Waals surface area contributed by atoms with Crippen molar-refractivity contribution in [3.05, 3.63) is 46.4 Å². The number of alkyl halides is 3. The van der Waals surface area contributed by atoms with E-state index in [2.05, 4.69) is 10.6 Å². The molecule has 0 aliphatic heterocycles. The van der Waals surface area contributed by atoms with Gasteiger partial charge in [-0.2, -0.15) is 0 Å². The van der Waals surface area contributed by atoms with Gasteiger partial charge in [-0.1, -0.05) is 53.0 Å². The number of para-hydroxylation sites is 1. The summed E-state index contributed by atoms with van der Waals surface area (Å²) in [6, 6.07) is 9.14. The lowest BCUT2D eigenvalue weighted by Gasteiger charge is -2.26. The van der Waals surface area contributed by atoms with Crippen LogP contribution in [0.1, 0.15) is 12.6 Å². The molecule has 0 bridgehead atoms. The average Bonchev–Trinajstić information content (AvgIpc) is 2.70. The number of nitrogens with one attached hydrogen (secondary N) is 2. The Labute approximate surface area is 154 Å². The summed E-state index contributed by atoms with van der Waals surface area (Å²) in [5.41, 5.74) is 1.26. The minimum atomic E-state index is -1.84. The maximum absolute atomic E-state index is 12.8. The molecule has 0 aliphatic carbocycles. The highest BCUT2D eigenvalue weighted by Crippen LogP contribution is 2.31. The van der Waals surface area contributed by atoms with E-state index in [0.717, 1.165) is 0 Å². The van der Waals surface area contributed by atoms with Crippen molar-refractivity contribution in [2.75, 3.05) is 5.32 Å². The second-order valence-electron chi connectivity index (χ2n) is 5.26. The number of amides is 1. The zero-order valence-corrected chi connectivity index (χ0v) is 15.6. The number of benzene rings is 1. The SMILES string of the molecule is CC(=O)N[C@@H](Nc1c(C)n(C)n(-c2ccccc2)c1=O)C(Cl)(Cl)Cl. The van der Waals surface area contributed by atoms with Gasteiger partial charge in [0, 0.05) is 14.0 Å². The van der Waals surface area contributed by atoms with E-state index in [1.54, 1.807) is 18.7 Å². The molecule has 9 heteroatoms. The highest BCUT2D eigenvalue weighted by atomic mass is 35.6. The van der Waals surface area contributed by atoms with Crippen molar-refractivity contribution in [2.24, 2.45) is 7.05 Å². The van der Waals surface area contributed by atoms with E-state index in [0.29, 0.717) is 11.4 Å². The Balaban J connectivity index is 2.48. The molecule has 0 radical (unpaired) electrons. The lowest BCUT2D eigenvalue weighted by molar-refractivity contribution is -0.119. The van der Waals surface area contributed by atoms with E-state index in [1.807, 2.05) is 30.3 Å². The summed E-state index contributed by atoms with van der Waals surface area (Å²) < 4.78 is 1.34. The molecule has 0 spiro atoms. The Kier molecular flexibility index (Phi) is 5.52. The van der Waals surface area contributed by atoms with Crippen molar-refractivity contribution in [3.63, 3.8) is 0 Å². The first-order chi connectivity index (χ1) is 11.1. The Hall–Kier alpha value is -1.63. The number of anilines is 1. The van der Waals surface area contributed by atoms with E-state index in [-0.39, 0.29) is 11.2 Å². The summed E-state index contributed by atoms with van der Waals surface area (Å²) in [7, 11) is 1.75. The third-order valence-electron chi connectivity index (χ3n) is 3.52. The Morgan fingerprint density at radius 2 is 1.79 bits per heavy atom. The zero-order chi connectivity index (χ0) is 18.1. The molecule has 1 aromatic heterocycles. The molecule has 0 aliphatic rings. The van der Waals surface area contributed by atoms with Crippen LogP contribution in [0.25, 0.3) is 5.69 Å². The fourth-order valence-corrected chi connectivity index (χ4v) is 2.61. The Morgan fingerprint density at radius 3 is 2.29 bits per heavy atom. The van der Waals surface area contributed by atoms with E-state index in [1.165, 1.54) is 11.6 Å². The molecule has 1 aromatic carbocycles. The first-order valence-electron chi connectivity index (χ1n) is 7.07. The van der Waals surface area contributed by atoms with Crippen molar-refractivity contribution in [3.8, 4) is 5.69 Å². The predicted molar refractivity (Wildman–Crippen MR) is 97.3 cm³/mol. The van der Waals surface area contributed by atoms with E-state index in [4.69, 9.17) is 34.8 Å². The van der Waals surface area contributed by atoms with Crippen molar-refractivity contribution in [2.45, 2.75) is 23.8 Å². The number of hydrogen-bond donors (Lipinski definition) is 2. The third-order valence-corrected chi connectivity index (χ3v) is 4.17. The summed E-state index contributed by atoms with van der Waals surface area (Å²) in [6.45, 7) is 3.05. The summed E-state index contributed by atoms with van der Waals surface area (Å²) in [4.78, 5) is 24.1. The third kappa shape index (κ3) is 3.88. The van der Waals surface area contributed by atoms with Gasteiger partial charge in [0.05, 0.1) is 11.4 Å². The zero-order valence-electron chi connectivity index (χ0n) is 13.3. The molecule has 1 amide bonds. The normalized spacial score (nSPS) is 12.8. The van der Waals surface area contributed by atoms with Crippen LogP contribution in [0.4, 0.5) is 5.69 Å². The number of halogens is 3. The van der Waals surface area contributed by atoms with Crippen molar-refractivity contribution >= 4 is 46.4 Å². The first kappa shape index (κ1) is 18.7. The minimum Gasteiger partial charge on any atom is -0.356 e. The highest BCUT2D eigenvalue weighted by molar-refractivity contribution is 6.68. The van der Waals surface area contributed by atoms with Crippen molar-refractivity contribution in [1.29, 1.82) is 0 Å². The number of rotatable bonds is 4. The van der Waals surface area contributed by atoms with Crippen LogP contribution in [0.3, 0.4) is 0 Å². The van der Waals surface area contributed by atoms with E-state index < -0.39 is 15.9 Å². The van der Waals surface area contributed by atoms with Gasteiger partial charge in [-0.25, -0.2) is 4.68 Å². The molecule has 1 atom stereocenters. The second-order valence-corrected chi connectivity index (χ2v) is 7.62. The Bertz CT molecular complexity index is 794. The summed E-state index contributed by atoms with van der Waals surface area (Å²) >= 11 is 17.7. The molecular weight excluding hydrogens is 375 g/mol. The topological polar surface area (TPSA) is 68.1 Å². The van der Waals surface area contributed by atoms with Crippen LogP contribution in [0, 0.1) is 6.92 Å². The summed E-state index contributed by atoms with van der Waals surface area (Å²) in [5, 5.41) is 5.32. The van der Waals surface area contributed by atoms with Crippen LogP contribution < -0.4 is 16.2 Å². The average molecular weight is 392 g/mol. The molecule has 6 nitrogen and oxygen atoms in total. The first-order valence-corrected chi connectivity index (χ1v) is 8.20. The lowest BCUT2D eigenvalue weighted by atomic mass is 10.3. The molecule has 2 rings (SSSR count). The highest BCUT2D eigenvalue weighted by Gasteiger charge is 2.35. The van der Waals surface area contributed by atoms with Crippen molar-refractivity contribution < 1.29 is 4.79 Å². The fourth-order valence-electron chi connectivity index (χ4n) is 2.28. The molecule has 2 N–H and O–H groups in total. The van der Waals surface area contributed by atoms with Gasteiger partial charge in [0.15, 0.2) is 0 Å². The largest absolute Gasteiger partial charge is 0.356 e. The van der Waals surface area contributed by atoms with Gasteiger partial charge in [0.25, 0.3) is 5.56 Å². The van der Waals surface area contributed by atoms with E-state index in [9.17, 15) is 9.59 Å². The van der Waals surface area contributed by atoms with Crippen molar-refractivity contribution in [1.82, 2.24) is 14.7 Å². The maximum atomic E-state index is 12.8. The monoisotopic (exact) mass is 390 g/mol. The molecule has 2 aromatic rings. The number of aromatic nitrogens is 2. The summed E-state index contributed by atoms with van der Waals surface area (Å²) in [5.74, 6) is -0.393. The van der Waals surface area contributed by atoms with Gasteiger partial charge >= 0.3 is 0 Å². The lowest BCUT2D eigenvalue weighted by Crippen LogP contribution is -2.49. The molecule has 0 saturated carbocycles. The number of carbonyl (C=O) groups is 1. The van der Waals surface area contributed by atoms with Gasteiger partial charge in [-0.3, -0.25) is 14.3 Å². The smallest absolute Gasteiger partial charge is 0.295 e. The van der Waals surface area contributed by atoms with Crippen LogP contribution in [-0.4, -0.2) is 25.2 Å². The number of nitrogens with zero attached hydrogens (tertiary/aromatic N) is 2. The summed E-state index contributed by atoms with van der Waals surface area (Å²) in [6.07, 6.45) is -1.06. The standard InChI is InChI=1S/C15H17Cl3N4O2/c1-9-12(20-14(15(16,17)18)19-10(2)23)13(24)22(21(9)3)11-7-5-4-6-8-11/h4-8,14,20H,1-3H3,(H,19,23)/t14-/m0/s1. The number of carbonyl (C=O) groups excluding carboxylic acids is 1. The molecular formula is C15H17Cl3N4O2. The van der Waals surface area contributed by atoms with Crippen LogP contribution >= 0.6 is 34.8 Å². The second kappa shape index (κ2) is 7.09. The molecule has 0 saturated heterocycles. The van der Waals surface area contributed by atoms with Crippen LogP contribution in [0.5, 0.6) is 0 Å². The van der Waals surface area contributed by atoms with Gasteiger partial charge < -0.3 is 10.6 Å². The van der Waals surface area contributed by atoms with Crippen LogP contribution in [0.15, 0.2) is 35.1 Å². The Morgan fingerprint density at radius 1 is 1.21 bits per heavy atom.